The molecule has 7 nitrogen and oxygen atoms in total. The summed E-state index contributed by atoms with van der Waals surface area (Å²) in [6.45, 7) is 6.55. The molecule has 0 spiro atoms. The van der Waals surface area contributed by atoms with Crippen LogP contribution in [0.4, 0.5) is 17.6 Å². The Morgan fingerprint density at radius 3 is 2.45 bits per heavy atom. The number of carbonyl (C=O) groups is 2. The highest BCUT2D eigenvalue weighted by atomic mass is 35.5. The summed E-state index contributed by atoms with van der Waals surface area (Å²) in [6.07, 6.45) is -5.68. The smallest absolute Gasteiger partial charge is 0.417 e. The lowest BCUT2D eigenvalue weighted by Gasteiger charge is -2.17. The van der Waals surface area contributed by atoms with Crippen molar-refractivity contribution in [3.05, 3.63) is 83.2 Å². The molecule has 0 saturated carbocycles. The quantitative estimate of drug-likeness (QED) is 0.469. The van der Waals surface area contributed by atoms with E-state index >= 15 is 0 Å². The molecule has 33 heavy (non-hydrogen) atoms. The van der Waals surface area contributed by atoms with Crippen molar-refractivity contribution in [2.24, 2.45) is 0 Å². The van der Waals surface area contributed by atoms with E-state index in [4.69, 9.17) is 16.3 Å². The van der Waals surface area contributed by atoms with Crippen molar-refractivity contribution in [3.8, 4) is 5.75 Å². The van der Waals surface area contributed by atoms with E-state index in [1.165, 1.54) is 12.1 Å². The number of nitrogens with zero attached hydrogens (tertiary/aromatic N) is 1. The number of alkyl halides is 3. The number of hydrogen-bond donors (Lipinski definition) is 3. The number of amides is 2. The predicted molar refractivity (Wildman–Crippen MR) is 111 cm³/mol. The van der Waals surface area contributed by atoms with Crippen molar-refractivity contribution >= 4 is 23.4 Å². The zero-order valence-corrected chi connectivity index (χ0v) is 17.6. The molecule has 12 heteroatoms. The summed E-state index contributed by atoms with van der Waals surface area (Å²) in [5, 5.41) is 14.6. The van der Waals surface area contributed by atoms with Crippen molar-refractivity contribution in [1.29, 1.82) is 0 Å². The molecular formula is C21H18ClF4N3O4. The minimum Gasteiger partial charge on any atom is -0.484 e. The first kappa shape index (κ1) is 25.8. The highest BCUT2D eigenvalue weighted by Crippen LogP contribution is 2.28. The molecule has 2 rings (SSSR count). The van der Waals surface area contributed by atoms with E-state index in [9.17, 15) is 32.3 Å². The lowest BCUT2D eigenvalue weighted by molar-refractivity contribution is -0.137. The number of hydrogen-bond acceptors (Lipinski definition) is 5. The summed E-state index contributed by atoms with van der Waals surface area (Å²) in [7, 11) is 0. The molecule has 3 N–H and O–H groups in total. The number of halogens is 5. The largest absolute Gasteiger partial charge is 0.484 e. The van der Waals surface area contributed by atoms with E-state index in [-0.39, 0.29) is 34.3 Å². The highest BCUT2D eigenvalue weighted by molar-refractivity contribution is 6.30. The number of pyridine rings is 1. The number of carbonyl (C=O) groups excluding carboxylic acids is 2. The maximum absolute atomic E-state index is 13.4. The van der Waals surface area contributed by atoms with Gasteiger partial charge in [-0.05, 0) is 24.3 Å². The molecule has 0 saturated heterocycles. The third kappa shape index (κ3) is 7.88. The second kappa shape index (κ2) is 10.9. The van der Waals surface area contributed by atoms with Crippen LogP contribution in [0.25, 0.3) is 0 Å². The van der Waals surface area contributed by atoms with Crippen LogP contribution in [0.5, 0.6) is 5.75 Å². The molecule has 1 aromatic heterocycles. The summed E-state index contributed by atoms with van der Waals surface area (Å²) < 4.78 is 56.1. The van der Waals surface area contributed by atoms with Crippen LogP contribution in [-0.2, 0) is 11.0 Å². The molecule has 176 valence electrons. The van der Waals surface area contributed by atoms with Crippen LogP contribution in [0.15, 0.2) is 61.1 Å². The molecule has 0 aliphatic carbocycles. The average molecular weight is 488 g/mol. The first-order chi connectivity index (χ1) is 15.4. The number of aliphatic hydroxyl groups excluding tert-OH is 1. The Morgan fingerprint density at radius 1 is 1.18 bits per heavy atom. The van der Waals surface area contributed by atoms with Gasteiger partial charge in [0.1, 0.15) is 17.3 Å². The molecule has 0 radical (unpaired) electrons. The first-order valence-electron chi connectivity index (χ1n) is 9.13. The Hall–Kier alpha value is -3.44. The van der Waals surface area contributed by atoms with Gasteiger partial charge in [0.2, 0.25) is 0 Å². The van der Waals surface area contributed by atoms with Crippen molar-refractivity contribution in [3.63, 3.8) is 0 Å². The third-order valence-corrected chi connectivity index (χ3v) is 4.32. The first-order valence-corrected chi connectivity index (χ1v) is 9.51. The Bertz CT molecular complexity index is 1060. The summed E-state index contributed by atoms with van der Waals surface area (Å²) >= 11 is 5.55. The molecule has 2 aromatic rings. The van der Waals surface area contributed by atoms with Gasteiger partial charge < -0.3 is 20.5 Å². The van der Waals surface area contributed by atoms with E-state index in [2.05, 4.69) is 28.8 Å². The zero-order chi connectivity index (χ0) is 24.8. The second-order valence-electron chi connectivity index (χ2n) is 6.65. The molecule has 0 fully saturated rings. The fourth-order valence-electron chi connectivity index (χ4n) is 2.34. The minimum absolute atomic E-state index is 0.00233. The lowest BCUT2D eigenvalue weighted by atomic mass is 10.1. The molecule has 2 amide bonds. The topological polar surface area (TPSA) is 101 Å². The highest BCUT2D eigenvalue weighted by Gasteiger charge is 2.31. The maximum Gasteiger partial charge on any atom is 0.417 e. The van der Waals surface area contributed by atoms with Crippen molar-refractivity contribution < 1.29 is 37.0 Å². The molecule has 0 bridgehead atoms. The number of benzene rings is 1. The van der Waals surface area contributed by atoms with Gasteiger partial charge in [-0.1, -0.05) is 24.8 Å². The summed E-state index contributed by atoms with van der Waals surface area (Å²) in [4.78, 5) is 27.4. The van der Waals surface area contributed by atoms with E-state index in [0.717, 1.165) is 12.1 Å². The molecule has 0 aliphatic rings. The van der Waals surface area contributed by atoms with Gasteiger partial charge in [0.15, 0.2) is 6.61 Å². The monoisotopic (exact) mass is 487 g/mol. The summed E-state index contributed by atoms with van der Waals surface area (Å²) in [5.41, 5.74) is -1.43. The van der Waals surface area contributed by atoms with E-state index < -0.39 is 42.1 Å². The fourth-order valence-corrected chi connectivity index (χ4v) is 2.46. The fraction of sp³-hybridized carbons (Fsp3) is 0.190. The zero-order valence-electron chi connectivity index (χ0n) is 16.9. The summed E-state index contributed by atoms with van der Waals surface area (Å²) in [6, 6.07) is 5.22. The molecule has 1 atom stereocenters. The Morgan fingerprint density at radius 2 is 1.88 bits per heavy atom. The predicted octanol–water partition coefficient (Wildman–Crippen LogP) is 3.60. The standard InChI is InChI=1S/C21H18ClF4N3O4/c1-11(28-20(32)17-6-3-13(9-27-17)21(24,25)26)7-18(30)12(2)29-19(31)10-33-14-4-5-15(22)16(23)8-14/h3-6,8-9,18,30H,1-2,7,10H2,(H,28,32)(H,29,31)/t18-/m0/s1. The van der Waals surface area contributed by atoms with Crippen LogP contribution in [0.1, 0.15) is 22.5 Å². The molecule has 0 unspecified atom stereocenters. The SMILES string of the molecule is C=C(C[C@H](O)C(=C)NC(=O)COc1ccc(Cl)c(F)c1)NC(=O)c1ccc(C(F)(F)F)cn1. The van der Waals surface area contributed by atoms with Crippen LogP contribution in [0.2, 0.25) is 5.02 Å². The normalized spacial score (nSPS) is 11.9. The van der Waals surface area contributed by atoms with E-state index in [1.807, 2.05) is 0 Å². The van der Waals surface area contributed by atoms with Crippen LogP contribution >= 0.6 is 11.6 Å². The molecule has 1 aromatic carbocycles. The average Bonchev–Trinajstić information content (AvgIpc) is 2.73. The molecule has 0 aliphatic heterocycles. The van der Waals surface area contributed by atoms with Gasteiger partial charge in [0, 0.05) is 30.1 Å². The van der Waals surface area contributed by atoms with Crippen molar-refractivity contribution in [2.45, 2.75) is 18.7 Å². The van der Waals surface area contributed by atoms with Gasteiger partial charge >= 0.3 is 6.18 Å². The lowest BCUT2D eigenvalue weighted by Crippen LogP contribution is -2.34. The van der Waals surface area contributed by atoms with E-state index in [0.29, 0.717) is 12.3 Å². The van der Waals surface area contributed by atoms with Gasteiger partial charge in [0.05, 0.1) is 16.7 Å². The number of aromatic nitrogens is 1. The van der Waals surface area contributed by atoms with Crippen molar-refractivity contribution in [1.82, 2.24) is 15.6 Å². The van der Waals surface area contributed by atoms with Crippen LogP contribution < -0.4 is 15.4 Å². The number of nitrogens with one attached hydrogen (secondary N) is 2. The van der Waals surface area contributed by atoms with Crippen LogP contribution in [-0.4, -0.2) is 34.6 Å². The minimum atomic E-state index is -4.59. The Balaban J connectivity index is 1.80. The number of ether oxygens (including phenoxy) is 1. The van der Waals surface area contributed by atoms with E-state index in [1.54, 1.807) is 0 Å². The maximum atomic E-state index is 13.4. The summed E-state index contributed by atoms with van der Waals surface area (Å²) in [5.74, 6) is -2.19. The number of rotatable bonds is 9. The Kier molecular flexibility index (Phi) is 8.55. The molecule has 1 heterocycles. The van der Waals surface area contributed by atoms with Gasteiger partial charge in [-0.15, -0.1) is 0 Å². The van der Waals surface area contributed by atoms with Crippen LogP contribution in [0, 0.1) is 5.82 Å². The Labute approximate surface area is 190 Å². The third-order valence-electron chi connectivity index (χ3n) is 4.02. The molecular weight excluding hydrogens is 470 g/mol. The number of aliphatic hydroxyl groups is 1. The van der Waals surface area contributed by atoms with Gasteiger partial charge in [-0.25, -0.2) is 4.39 Å². The van der Waals surface area contributed by atoms with Crippen molar-refractivity contribution in [2.75, 3.05) is 6.61 Å². The van der Waals surface area contributed by atoms with Gasteiger partial charge in [0.25, 0.3) is 11.8 Å². The van der Waals surface area contributed by atoms with Gasteiger partial charge in [-0.2, -0.15) is 13.2 Å². The van der Waals surface area contributed by atoms with Gasteiger partial charge in [-0.3, -0.25) is 14.6 Å². The van der Waals surface area contributed by atoms with Crippen LogP contribution in [0.3, 0.4) is 0 Å². The second-order valence-corrected chi connectivity index (χ2v) is 7.05.